The summed E-state index contributed by atoms with van der Waals surface area (Å²) in [4.78, 5) is 26.6. The van der Waals surface area contributed by atoms with Crippen LogP contribution in [-0.2, 0) is 7.05 Å². The van der Waals surface area contributed by atoms with Crippen molar-refractivity contribution in [3.8, 4) is 0 Å². The smallest absolute Gasteiger partial charge is 0.329 e. The minimum Gasteiger partial charge on any atom is -0.386 e. The van der Waals surface area contributed by atoms with Crippen molar-refractivity contribution in [2.45, 2.75) is 12.5 Å². The Hall–Kier alpha value is -1.76. The van der Waals surface area contributed by atoms with Crippen molar-refractivity contribution in [1.82, 2.24) is 9.55 Å². The molecule has 1 saturated heterocycles. The van der Waals surface area contributed by atoms with Crippen LogP contribution in [0.4, 0.5) is 11.5 Å². The second-order valence-electron chi connectivity index (χ2n) is 4.41. The molecule has 0 bridgehead atoms. The van der Waals surface area contributed by atoms with E-state index in [-0.39, 0.29) is 11.5 Å². The number of nitrogens with one attached hydrogen (secondary N) is 1. The van der Waals surface area contributed by atoms with Crippen LogP contribution in [0.2, 0.25) is 0 Å². The molecular weight excluding hydrogens is 212 g/mol. The summed E-state index contributed by atoms with van der Waals surface area (Å²) in [6, 6.07) is 0. The minimum absolute atomic E-state index is 0.115. The minimum atomic E-state index is -0.798. The van der Waals surface area contributed by atoms with Crippen molar-refractivity contribution >= 4 is 11.5 Å². The topological polar surface area (TPSA) is 104 Å². The van der Waals surface area contributed by atoms with Crippen LogP contribution >= 0.6 is 0 Å². The molecule has 88 valence electrons. The third-order valence-corrected chi connectivity index (χ3v) is 2.72. The number of aromatic nitrogens is 2. The molecule has 16 heavy (non-hydrogen) atoms. The highest BCUT2D eigenvalue weighted by atomic mass is 16.3. The van der Waals surface area contributed by atoms with Crippen LogP contribution in [-0.4, -0.2) is 33.3 Å². The van der Waals surface area contributed by atoms with Crippen molar-refractivity contribution < 1.29 is 5.11 Å². The summed E-state index contributed by atoms with van der Waals surface area (Å²) in [7, 11) is 1.48. The van der Waals surface area contributed by atoms with Gasteiger partial charge >= 0.3 is 5.69 Å². The lowest BCUT2D eigenvalue weighted by Gasteiger charge is -2.45. The Morgan fingerprint density at radius 2 is 2.00 bits per heavy atom. The van der Waals surface area contributed by atoms with Gasteiger partial charge in [-0.15, -0.1) is 0 Å². The first-order chi connectivity index (χ1) is 7.32. The largest absolute Gasteiger partial charge is 0.386 e. The van der Waals surface area contributed by atoms with E-state index in [1.807, 2.05) is 0 Å². The van der Waals surface area contributed by atoms with Crippen LogP contribution in [0.3, 0.4) is 0 Å². The van der Waals surface area contributed by atoms with Gasteiger partial charge in [-0.3, -0.25) is 14.3 Å². The highest BCUT2D eigenvalue weighted by Gasteiger charge is 2.39. The number of β-amino-alcohol motifs (C(OH)–C–C–N with tert-alkyl or cyclic N) is 1. The molecule has 0 saturated carbocycles. The van der Waals surface area contributed by atoms with Crippen LogP contribution in [0.5, 0.6) is 0 Å². The maximum Gasteiger partial charge on any atom is 0.329 e. The molecule has 4 N–H and O–H groups in total. The molecule has 7 nitrogen and oxygen atoms in total. The number of H-pyrrole nitrogens is 1. The van der Waals surface area contributed by atoms with Crippen molar-refractivity contribution in [3.05, 3.63) is 20.8 Å². The molecule has 0 aromatic carbocycles. The van der Waals surface area contributed by atoms with Gasteiger partial charge in [0.2, 0.25) is 0 Å². The van der Waals surface area contributed by atoms with Gasteiger partial charge in [0.15, 0.2) is 0 Å². The van der Waals surface area contributed by atoms with Crippen LogP contribution in [0, 0.1) is 0 Å². The summed E-state index contributed by atoms with van der Waals surface area (Å²) >= 11 is 0. The summed E-state index contributed by atoms with van der Waals surface area (Å²) in [6.07, 6.45) is 0. The van der Waals surface area contributed by atoms with Crippen molar-refractivity contribution in [1.29, 1.82) is 0 Å². The molecular formula is C9H14N4O3. The zero-order chi connectivity index (χ0) is 12.1. The predicted molar refractivity (Wildman–Crippen MR) is 59.6 cm³/mol. The number of hydrogen-bond acceptors (Lipinski definition) is 5. The van der Waals surface area contributed by atoms with Gasteiger partial charge in [-0.05, 0) is 6.92 Å². The molecule has 1 aliphatic heterocycles. The van der Waals surface area contributed by atoms with Gasteiger partial charge < -0.3 is 15.7 Å². The summed E-state index contributed by atoms with van der Waals surface area (Å²) in [5, 5.41) is 9.59. The first-order valence-electron chi connectivity index (χ1n) is 4.88. The Morgan fingerprint density at radius 3 is 2.50 bits per heavy atom. The van der Waals surface area contributed by atoms with E-state index in [4.69, 9.17) is 5.73 Å². The number of anilines is 2. The number of nitrogens with two attached hydrogens (primary N) is 1. The first-order valence-corrected chi connectivity index (χ1v) is 4.88. The van der Waals surface area contributed by atoms with Gasteiger partial charge in [0, 0.05) is 20.1 Å². The summed E-state index contributed by atoms with van der Waals surface area (Å²) in [5.74, 6) is 0.115. The lowest BCUT2D eigenvalue weighted by atomic mass is 9.96. The van der Waals surface area contributed by atoms with E-state index in [0.29, 0.717) is 13.1 Å². The van der Waals surface area contributed by atoms with Gasteiger partial charge in [0.1, 0.15) is 11.5 Å². The van der Waals surface area contributed by atoms with E-state index in [0.717, 1.165) is 0 Å². The summed E-state index contributed by atoms with van der Waals surface area (Å²) in [6.45, 7) is 2.34. The molecule has 2 rings (SSSR count). The van der Waals surface area contributed by atoms with E-state index < -0.39 is 16.9 Å². The SMILES string of the molecule is Cn1c(N)c(N2CC(C)(O)C2)c(=O)[nH]c1=O. The average molecular weight is 226 g/mol. The molecule has 1 aromatic heterocycles. The van der Waals surface area contributed by atoms with Gasteiger partial charge in [-0.2, -0.15) is 0 Å². The molecule has 1 aliphatic rings. The molecule has 7 heteroatoms. The second kappa shape index (κ2) is 3.11. The molecule has 0 amide bonds. The number of nitrogen functional groups attached to an aromatic ring is 1. The van der Waals surface area contributed by atoms with Crippen molar-refractivity contribution in [3.63, 3.8) is 0 Å². The van der Waals surface area contributed by atoms with Gasteiger partial charge in [-0.1, -0.05) is 0 Å². The Labute approximate surface area is 91.1 Å². The zero-order valence-electron chi connectivity index (χ0n) is 9.15. The van der Waals surface area contributed by atoms with E-state index >= 15 is 0 Å². The maximum atomic E-state index is 11.6. The Morgan fingerprint density at radius 1 is 1.44 bits per heavy atom. The van der Waals surface area contributed by atoms with Gasteiger partial charge in [0.25, 0.3) is 5.56 Å². The van der Waals surface area contributed by atoms with Crippen LogP contribution < -0.4 is 21.9 Å². The number of nitrogens with zero attached hydrogens (tertiary/aromatic N) is 2. The fourth-order valence-corrected chi connectivity index (χ4v) is 1.86. The van der Waals surface area contributed by atoms with E-state index in [2.05, 4.69) is 4.98 Å². The molecule has 0 radical (unpaired) electrons. The Balaban J connectivity index is 2.47. The van der Waals surface area contributed by atoms with E-state index in [1.165, 1.54) is 11.6 Å². The highest BCUT2D eigenvalue weighted by Crippen LogP contribution is 2.27. The number of aliphatic hydroxyl groups is 1. The third kappa shape index (κ3) is 1.49. The van der Waals surface area contributed by atoms with E-state index in [9.17, 15) is 14.7 Å². The maximum absolute atomic E-state index is 11.6. The molecule has 1 fully saturated rings. The number of aromatic amines is 1. The quantitative estimate of drug-likeness (QED) is 0.525. The zero-order valence-corrected chi connectivity index (χ0v) is 9.15. The molecule has 0 atom stereocenters. The first kappa shape index (κ1) is 10.7. The summed E-state index contributed by atoms with van der Waals surface area (Å²) < 4.78 is 1.17. The standard InChI is InChI=1S/C9H14N4O3/c1-9(16)3-13(4-9)5-6(10)12(2)8(15)11-7(5)14/h16H,3-4,10H2,1-2H3,(H,11,14,15). The second-order valence-corrected chi connectivity index (χ2v) is 4.41. The predicted octanol–water partition coefficient (Wildman–Crippen LogP) is -1.77. The average Bonchev–Trinajstić information content (AvgIpc) is 2.11. The Kier molecular flexibility index (Phi) is 2.09. The third-order valence-electron chi connectivity index (χ3n) is 2.72. The van der Waals surface area contributed by atoms with Crippen LogP contribution in [0.25, 0.3) is 0 Å². The molecule has 0 spiro atoms. The molecule has 0 aliphatic carbocycles. The Bertz CT molecular complexity index is 535. The fourth-order valence-electron chi connectivity index (χ4n) is 1.86. The van der Waals surface area contributed by atoms with Crippen molar-refractivity contribution in [2.24, 2.45) is 7.05 Å². The highest BCUT2D eigenvalue weighted by molar-refractivity contribution is 5.64. The monoisotopic (exact) mass is 226 g/mol. The van der Waals surface area contributed by atoms with Gasteiger partial charge in [-0.25, -0.2) is 4.79 Å². The fraction of sp³-hybridized carbons (Fsp3) is 0.556. The lowest BCUT2D eigenvalue weighted by Crippen LogP contribution is -2.61. The van der Waals surface area contributed by atoms with Gasteiger partial charge in [0.05, 0.1) is 5.60 Å². The number of hydrogen-bond donors (Lipinski definition) is 3. The lowest BCUT2D eigenvalue weighted by molar-refractivity contribution is 0.0309. The normalized spacial score (nSPS) is 18.3. The summed E-state index contributed by atoms with van der Waals surface area (Å²) in [5.41, 5.74) is 4.09. The molecule has 1 aromatic rings. The van der Waals surface area contributed by atoms with Crippen LogP contribution in [0.1, 0.15) is 6.92 Å². The molecule has 2 heterocycles. The van der Waals surface area contributed by atoms with E-state index in [1.54, 1.807) is 11.8 Å². The van der Waals surface area contributed by atoms with Crippen LogP contribution in [0.15, 0.2) is 9.59 Å². The molecule has 0 unspecified atom stereocenters. The number of rotatable bonds is 1. The van der Waals surface area contributed by atoms with Crippen molar-refractivity contribution in [2.75, 3.05) is 23.7 Å².